The highest BCUT2D eigenvalue weighted by molar-refractivity contribution is 7.99. The van der Waals surface area contributed by atoms with E-state index in [-0.39, 0.29) is 0 Å². The molecule has 2 heterocycles. The lowest BCUT2D eigenvalue weighted by Crippen LogP contribution is -2.10. The van der Waals surface area contributed by atoms with Crippen molar-refractivity contribution in [3.05, 3.63) is 17.3 Å². The van der Waals surface area contributed by atoms with Gasteiger partial charge in [-0.05, 0) is 37.6 Å². The maximum absolute atomic E-state index is 5.65. The van der Waals surface area contributed by atoms with Crippen molar-refractivity contribution in [3.63, 3.8) is 0 Å². The second-order valence-corrected chi connectivity index (χ2v) is 4.79. The van der Waals surface area contributed by atoms with Crippen LogP contribution in [0, 0.1) is 5.92 Å². The highest BCUT2D eigenvalue weighted by Gasteiger charge is 2.14. The van der Waals surface area contributed by atoms with Crippen molar-refractivity contribution in [2.24, 2.45) is 5.92 Å². The molecule has 2 rings (SSSR count). The van der Waals surface area contributed by atoms with Crippen LogP contribution in [0.2, 0.25) is 5.15 Å². The number of nitrogens with one attached hydrogen (secondary N) is 1. The first kappa shape index (κ1) is 10.2. The maximum atomic E-state index is 5.65. The summed E-state index contributed by atoms with van der Waals surface area (Å²) in [6.45, 7) is 2.28. The van der Waals surface area contributed by atoms with Crippen LogP contribution < -0.4 is 5.32 Å². The third kappa shape index (κ3) is 2.83. The van der Waals surface area contributed by atoms with Crippen molar-refractivity contribution in [3.8, 4) is 0 Å². The Hall–Kier alpha value is -0.320. The van der Waals surface area contributed by atoms with Crippen molar-refractivity contribution in [2.45, 2.75) is 11.4 Å². The van der Waals surface area contributed by atoms with Crippen LogP contribution in [0.15, 0.2) is 17.2 Å². The summed E-state index contributed by atoms with van der Waals surface area (Å²) in [5.74, 6) is 1.89. The van der Waals surface area contributed by atoms with Crippen LogP contribution in [0.5, 0.6) is 0 Å². The van der Waals surface area contributed by atoms with E-state index in [4.69, 9.17) is 11.6 Å². The molecule has 0 bridgehead atoms. The minimum Gasteiger partial charge on any atom is -0.316 e. The molecule has 14 heavy (non-hydrogen) atoms. The summed E-state index contributed by atoms with van der Waals surface area (Å²) in [4.78, 5) is 0. The standard InChI is InChI=1S/C9H12ClN3S/c10-8-1-2-9(13-12-8)14-6-7-3-4-11-5-7/h1-2,7,11H,3-6H2. The summed E-state index contributed by atoms with van der Waals surface area (Å²) >= 11 is 7.40. The Morgan fingerprint density at radius 1 is 1.50 bits per heavy atom. The van der Waals surface area contributed by atoms with E-state index in [1.54, 1.807) is 17.8 Å². The molecule has 1 atom stereocenters. The number of nitrogens with zero attached hydrogens (tertiary/aromatic N) is 2. The van der Waals surface area contributed by atoms with Crippen LogP contribution in [0.25, 0.3) is 0 Å². The summed E-state index contributed by atoms with van der Waals surface area (Å²) in [5, 5.41) is 12.6. The van der Waals surface area contributed by atoms with Gasteiger partial charge in [-0.15, -0.1) is 22.0 Å². The minimum absolute atomic E-state index is 0.455. The Labute approximate surface area is 92.6 Å². The molecule has 1 aliphatic rings. The average Bonchev–Trinajstić information content (AvgIpc) is 2.70. The molecule has 1 aromatic heterocycles. The zero-order valence-corrected chi connectivity index (χ0v) is 9.31. The van der Waals surface area contributed by atoms with E-state index >= 15 is 0 Å². The number of hydrogen-bond donors (Lipinski definition) is 1. The van der Waals surface area contributed by atoms with Gasteiger partial charge in [0.05, 0.1) is 0 Å². The highest BCUT2D eigenvalue weighted by atomic mass is 35.5. The highest BCUT2D eigenvalue weighted by Crippen LogP contribution is 2.21. The van der Waals surface area contributed by atoms with Crippen LogP contribution in [0.4, 0.5) is 0 Å². The van der Waals surface area contributed by atoms with Crippen LogP contribution in [-0.4, -0.2) is 29.0 Å². The van der Waals surface area contributed by atoms with E-state index in [1.165, 1.54) is 6.42 Å². The second kappa shape index (κ2) is 4.96. The molecule has 1 aromatic rings. The van der Waals surface area contributed by atoms with Crippen LogP contribution in [0.3, 0.4) is 0 Å². The number of halogens is 1. The smallest absolute Gasteiger partial charge is 0.151 e. The Bertz CT molecular complexity index is 285. The third-order valence-corrected chi connectivity index (χ3v) is 3.59. The van der Waals surface area contributed by atoms with Gasteiger partial charge in [-0.2, -0.15) is 0 Å². The summed E-state index contributed by atoms with van der Waals surface area (Å²) < 4.78 is 0. The summed E-state index contributed by atoms with van der Waals surface area (Å²) in [7, 11) is 0. The van der Waals surface area contributed by atoms with E-state index in [2.05, 4.69) is 15.5 Å². The normalized spacial score (nSPS) is 21.4. The average molecular weight is 230 g/mol. The van der Waals surface area contributed by atoms with Crippen LogP contribution >= 0.6 is 23.4 Å². The first-order valence-electron chi connectivity index (χ1n) is 4.67. The number of aromatic nitrogens is 2. The SMILES string of the molecule is Clc1ccc(SCC2CCNC2)nn1. The minimum atomic E-state index is 0.455. The van der Waals surface area contributed by atoms with Gasteiger partial charge < -0.3 is 5.32 Å². The van der Waals surface area contributed by atoms with Crippen molar-refractivity contribution in [2.75, 3.05) is 18.8 Å². The van der Waals surface area contributed by atoms with Gasteiger partial charge in [0.15, 0.2) is 5.15 Å². The fourth-order valence-corrected chi connectivity index (χ4v) is 2.50. The molecule has 1 saturated heterocycles. The van der Waals surface area contributed by atoms with Gasteiger partial charge in [0.1, 0.15) is 5.03 Å². The molecule has 0 aliphatic carbocycles. The molecule has 1 aliphatic heterocycles. The Morgan fingerprint density at radius 3 is 3.07 bits per heavy atom. The van der Waals surface area contributed by atoms with Gasteiger partial charge in [0.2, 0.25) is 0 Å². The zero-order valence-electron chi connectivity index (χ0n) is 7.74. The molecule has 0 spiro atoms. The summed E-state index contributed by atoms with van der Waals surface area (Å²) in [6, 6.07) is 3.70. The first-order chi connectivity index (χ1) is 6.84. The Kier molecular flexibility index (Phi) is 3.61. The predicted molar refractivity (Wildman–Crippen MR) is 58.7 cm³/mol. The second-order valence-electron chi connectivity index (χ2n) is 3.36. The molecule has 76 valence electrons. The summed E-state index contributed by atoms with van der Waals surface area (Å²) in [6.07, 6.45) is 1.27. The van der Waals surface area contributed by atoms with Crippen LogP contribution in [0.1, 0.15) is 6.42 Å². The molecule has 0 radical (unpaired) electrons. The van der Waals surface area contributed by atoms with E-state index < -0.39 is 0 Å². The predicted octanol–water partition coefficient (Wildman–Crippen LogP) is 1.83. The molecule has 1 fully saturated rings. The van der Waals surface area contributed by atoms with Gasteiger partial charge in [-0.25, -0.2) is 0 Å². The third-order valence-electron chi connectivity index (χ3n) is 2.24. The van der Waals surface area contributed by atoms with Gasteiger partial charge >= 0.3 is 0 Å². The van der Waals surface area contributed by atoms with Gasteiger partial charge in [-0.1, -0.05) is 11.6 Å². The van der Waals surface area contributed by atoms with E-state index in [1.807, 2.05) is 6.07 Å². The fraction of sp³-hybridized carbons (Fsp3) is 0.556. The zero-order chi connectivity index (χ0) is 9.80. The van der Waals surface area contributed by atoms with Gasteiger partial charge in [-0.3, -0.25) is 0 Å². The maximum Gasteiger partial charge on any atom is 0.151 e. The van der Waals surface area contributed by atoms with Crippen molar-refractivity contribution >= 4 is 23.4 Å². The molecule has 1 unspecified atom stereocenters. The van der Waals surface area contributed by atoms with Crippen molar-refractivity contribution in [1.82, 2.24) is 15.5 Å². The largest absolute Gasteiger partial charge is 0.316 e. The number of thioether (sulfide) groups is 1. The molecule has 5 heteroatoms. The molecule has 1 N–H and O–H groups in total. The molecule has 3 nitrogen and oxygen atoms in total. The monoisotopic (exact) mass is 229 g/mol. The van der Waals surface area contributed by atoms with E-state index in [9.17, 15) is 0 Å². The molecule has 0 aromatic carbocycles. The Morgan fingerprint density at radius 2 is 2.43 bits per heavy atom. The topological polar surface area (TPSA) is 37.8 Å². The van der Waals surface area contributed by atoms with Gasteiger partial charge in [0, 0.05) is 5.75 Å². The quantitative estimate of drug-likeness (QED) is 0.803. The van der Waals surface area contributed by atoms with Crippen LogP contribution in [-0.2, 0) is 0 Å². The molecular formula is C9H12ClN3S. The van der Waals surface area contributed by atoms with Crippen molar-refractivity contribution < 1.29 is 0 Å². The fourth-order valence-electron chi connectivity index (χ4n) is 1.44. The first-order valence-corrected chi connectivity index (χ1v) is 6.04. The summed E-state index contributed by atoms with van der Waals surface area (Å²) in [5.41, 5.74) is 0. The van der Waals surface area contributed by atoms with E-state index in [0.717, 1.165) is 29.8 Å². The molecule has 0 saturated carbocycles. The van der Waals surface area contributed by atoms with E-state index in [0.29, 0.717) is 5.15 Å². The number of hydrogen-bond acceptors (Lipinski definition) is 4. The van der Waals surface area contributed by atoms with Crippen molar-refractivity contribution in [1.29, 1.82) is 0 Å². The lowest BCUT2D eigenvalue weighted by molar-refractivity contribution is 0.662. The van der Waals surface area contributed by atoms with Gasteiger partial charge in [0.25, 0.3) is 0 Å². The molecule has 0 amide bonds. The lowest BCUT2D eigenvalue weighted by atomic mass is 10.2. The molecular weight excluding hydrogens is 218 g/mol. The number of rotatable bonds is 3. The Balaban J connectivity index is 1.82. The lowest BCUT2D eigenvalue weighted by Gasteiger charge is -2.05.